The molecule has 1 aliphatic heterocycles. The quantitative estimate of drug-likeness (QED) is 0.893. The number of pyridine rings is 1. The van der Waals surface area contributed by atoms with Gasteiger partial charge in [0, 0.05) is 12.1 Å². The number of aliphatic carboxylic acids is 1. The topological polar surface area (TPSA) is 82.5 Å². The molecule has 1 aromatic heterocycles. The Balaban J connectivity index is 2.00. The summed E-state index contributed by atoms with van der Waals surface area (Å²) < 4.78 is 0. The first kappa shape index (κ1) is 15.3. The number of carboxylic acids is 1. The predicted octanol–water partition coefficient (Wildman–Crippen LogP) is 2.50. The van der Waals surface area contributed by atoms with Gasteiger partial charge in [-0.25, -0.2) is 4.79 Å². The van der Waals surface area contributed by atoms with Gasteiger partial charge >= 0.3 is 12.0 Å². The van der Waals surface area contributed by atoms with Crippen LogP contribution in [0.25, 0.3) is 0 Å². The Bertz CT molecular complexity index is 515. The van der Waals surface area contributed by atoms with Crippen molar-refractivity contribution >= 4 is 17.7 Å². The van der Waals surface area contributed by atoms with Crippen molar-refractivity contribution in [3.8, 4) is 0 Å². The Morgan fingerprint density at radius 3 is 2.76 bits per heavy atom. The van der Waals surface area contributed by atoms with Gasteiger partial charge in [0.1, 0.15) is 0 Å². The molecule has 0 aromatic carbocycles. The van der Waals surface area contributed by atoms with E-state index in [1.54, 1.807) is 12.1 Å². The van der Waals surface area contributed by atoms with Crippen LogP contribution < -0.4 is 5.32 Å². The van der Waals surface area contributed by atoms with Gasteiger partial charge in [0.05, 0.1) is 24.0 Å². The standard InChI is InChI=1S/C15H21N3O3/c1-3-13-7-4-10(2)18(13)15(21)17-12-6-5-11(16-9-12)8-14(19)20/h5-6,9-10,13H,3-4,7-8H2,1-2H3,(H,17,21)(H,19,20). The minimum atomic E-state index is -0.920. The van der Waals surface area contributed by atoms with Crippen molar-refractivity contribution < 1.29 is 14.7 Å². The number of hydrogen-bond acceptors (Lipinski definition) is 3. The van der Waals surface area contributed by atoms with Gasteiger partial charge < -0.3 is 15.3 Å². The van der Waals surface area contributed by atoms with E-state index in [9.17, 15) is 9.59 Å². The summed E-state index contributed by atoms with van der Waals surface area (Å²) >= 11 is 0. The minimum absolute atomic E-state index is 0.111. The first-order valence-electron chi connectivity index (χ1n) is 7.27. The molecule has 2 heterocycles. The third-order valence-electron chi connectivity index (χ3n) is 3.90. The third kappa shape index (κ3) is 3.71. The maximum Gasteiger partial charge on any atom is 0.322 e. The van der Waals surface area contributed by atoms with Gasteiger partial charge in [-0.3, -0.25) is 9.78 Å². The largest absolute Gasteiger partial charge is 0.481 e. The Kier molecular flexibility index (Phi) is 4.77. The normalized spacial score (nSPS) is 21.3. The van der Waals surface area contributed by atoms with Gasteiger partial charge in [0.25, 0.3) is 0 Å². The molecule has 1 aromatic rings. The molecular formula is C15H21N3O3. The van der Waals surface area contributed by atoms with Crippen LogP contribution in [0, 0.1) is 0 Å². The lowest BCUT2D eigenvalue weighted by atomic mass is 10.2. The maximum atomic E-state index is 12.4. The van der Waals surface area contributed by atoms with E-state index in [0.29, 0.717) is 17.4 Å². The zero-order valence-electron chi connectivity index (χ0n) is 12.4. The molecule has 2 amide bonds. The van der Waals surface area contributed by atoms with Crippen molar-refractivity contribution in [1.82, 2.24) is 9.88 Å². The van der Waals surface area contributed by atoms with E-state index in [1.165, 1.54) is 6.20 Å². The molecule has 2 rings (SSSR count). The SMILES string of the molecule is CCC1CCC(C)N1C(=O)Nc1ccc(CC(=O)O)nc1. The fourth-order valence-corrected chi connectivity index (χ4v) is 2.78. The Morgan fingerprint density at radius 1 is 1.43 bits per heavy atom. The lowest BCUT2D eigenvalue weighted by Crippen LogP contribution is -2.42. The molecule has 114 valence electrons. The van der Waals surface area contributed by atoms with Crippen LogP contribution in [0.3, 0.4) is 0 Å². The van der Waals surface area contributed by atoms with Gasteiger partial charge in [0.15, 0.2) is 0 Å². The average molecular weight is 291 g/mol. The third-order valence-corrected chi connectivity index (χ3v) is 3.90. The summed E-state index contributed by atoms with van der Waals surface area (Å²) in [5.41, 5.74) is 1.06. The van der Waals surface area contributed by atoms with Crippen LogP contribution in [0.5, 0.6) is 0 Å². The molecule has 1 fully saturated rings. The van der Waals surface area contributed by atoms with Crippen molar-refractivity contribution in [3.63, 3.8) is 0 Å². The molecule has 1 saturated heterocycles. The number of aromatic nitrogens is 1. The van der Waals surface area contributed by atoms with Crippen molar-refractivity contribution in [1.29, 1.82) is 0 Å². The van der Waals surface area contributed by atoms with E-state index in [0.717, 1.165) is 19.3 Å². The number of anilines is 1. The zero-order chi connectivity index (χ0) is 15.4. The highest BCUT2D eigenvalue weighted by molar-refractivity contribution is 5.89. The fraction of sp³-hybridized carbons (Fsp3) is 0.533. The Morgan fingerprint density at radius 2 is 2.19 bits per heavy atom. The summed E-state index contributed by atoms with van der Waals surface area (Å²) in [7, 11) is 0. The van der Waals surface area contributed by atoms with E-state index in [1.807, 2.05) is 4.90 Å². The monoisotopic (exact) mass is 291 g/mol. The fourth-order valence-electron chi connectivity index (χ4n) is 2.78. The van der Waals surface area contributed by atoms with Gasteiger partial charge in [-0.05, 0) is 38.3 Å². The Hall–Kier alpha value is -2.11. The molecule has 6 heteroatoms. The molecule has 0 aliphatic carbocycles. The minimum Gasteiger partial charge on any atom is -0.481 e. The van der Waals surface area contributed by atoms with E-state index in [4.69, 9.17) is 5.11 Å². The molecule has 2 unspecified atom stereocenters. The second-order valence-corrected chi connectivity index (χ2v) is 5.43. The van der Waals surface area contributed by atoms with Crippen molar-refractivity contribution in [3.05, 3.63) is 24.0 Å². The lowest BCUT2D eigenvalue weighted by Gasteiger charge is -2.28. The highest BCUT2D eigenvalue weighted by Gasteiger charge is 2.33. The van der Waals surface area contributed by atoms with Crippen LogP contribution in [-0.2, 0) is 11.2 Å². The van der Waals surface area contributed by atoms with E-state index in [-0.39, 0.29) is 18.5 Å². The van der Waals surface area contributed by atoms with E-state index in [2.05, 4.69) is 24.1 Å². The summed E-state index contributed by atoms with van der Waals surface area (Å²) in [5.74, 6) is -0.920. The molecular weight excluding hydrogens is 270 g/mol. The van der Waals surface area contributed by atoms with Crippen LogP contribution in [0.4, 0.5) is 10.5 Å². The van der Waals surface area contributed by atoms with Crippen LogP contribution in [0.2, 0.25) is 0 Å². The molecule has 0 saturated carbocycles. The van der Waals surface area contributed by atoms with Crippen molar-refractivity contribution in [2.24, 2.45) is 0 Å². The summed E-state index contributed by atoms with van der Waals surface area (Å²) in [6.07, 6.45) is 4.41. The number of urea groups is 1. The molecule has 0 bridgehead atoms. The summed E-state index contributed by atoms with van der Waals surface area (Å²) in [6.45, 7) is 4.15. The number of carbonyl (C=O) groups is 2. The van der Waals surface area contributed by atoms with Gasteiger partial charge in [-0.15, -0.1) is 0 Å². The van der Waals surface area contributed by atoms with Crippen LogP contribution in [-0.4, -0.2) is 39.1 Å². The molecule has 6 nitrogen and oxygen atoms in total. The molecule has 0 radical (unpaired) electrons. The smallest absolute Gasteiger partial charge is 0.322 e. The van der Waals surface area contributed by atoms with Crippen LogP contribution >= 0.6 is 0 Å². The number of likely N-dealkylation sites (tertiary alicyclic amines) is 1. The van der Waals surface area contributed by atoms with Crippen molar-refractivity contribution in [2.45, 2.75) is 51.6 Å². The molecule has 1 aliphatic rings. The lowest BCUT2D eigenvalue weighted by molar-refractivity contribution is -0.136. The number of carbonyl (C=O) groups excluding carboxylic acids is 1. The number of nitrogens with one attached hydrogen (secondary N) is 1. The van der Waals surface area contributed by atoms with Gasteiger partial charge in [-0.1, -0.05) is 6.92 Å². The Labute approximate surface area is 124 Å². The highest BCUT2D eigenvalue weighted by Crippen LogP contribution is 2.26. The molecule has 2 atom stereocenters. The highest BCUT2D eigenvalue weighted by atomic mass is 16.4. The average Bonchev–Trinajstić information content (AvgIpc) is 2.81. The summed E-state index contributed by atoms with van der Waals surface area (Å²) in [5, 5.41) is 11.5. The predicted molar refractivity (Wildman–Crippen MR) is 79.2 cm³/mol. The maximum absolute atomic E-state index is 12.4. The van der Waals surface area contributed by atoms with Crippen LogP contribution in [0.1, 0.15) is 38.8 Å². The zero-order valence-corrected chi connectivity index (χ0v) is 12.4. The second kappa shape index (κ2) is 6.56. The summed E-state index contributed by atoms with van der Waals surface area (Å²) in [6, 6.07) is 3.73. The first-order valence-corrected chi connectivity index (χ1v) is 7.27. The number of carboxylic acid groups (broad SMARTS) is 1. The number of nitrogens with zero attached hydrogens (tertiary/aromatic N) is 2. The molecule has 2 N–H and O–H groups in total. The number of amides is 2. The molecule has 0 spiro atoms. The van der Waals surface area contributed by atoms with E-state index < -0.39 is 5.97 Å². The van der Waals surface area contributed by atoms with E-state index >= 15 is 0 Å². The van der Waals surface area contributed by atoms with Crippen molar-refractivity contribution in [2.75, 3.05) is 5.32 Å². The first-order chi connectivity index (χ1) is 10.0. The van der Waals surface area contributed by atoms with Gasteiger partial charge in [0.2, 0.25) is 0 Å². The number of hydrogen-bond donors (Lipinski definition) is 2. The van der Waals surface area contributed by atoms with Gasteiger partial charge in [-0.2, -0.15) is 0 Å². The summed E-state index contributed by atoms with van der Waals surface area (Å²) in [4.78, 5) is 28.9. The second-order valence-electron chi connectivity index (χ2n) is 5.43. The molecule has 21 heavy (non-hydrogen) atoms. The number of rotatable bonds is 4. The van der Waals surface area contributed by atoms with Crippen LogP contribution in [0.15, 0.2) is 18.3 Å².